The zero-order valence-electron chi connectivity index (χ0n) is 10.4. The molecule has 1 unspecified atom stereocenters. The van der Waals surface area contributed by atoms with Gasteiger partial charge >= 0.3 is 0 Å². The number of nitrogens with two attached hydrogens (primary N) is 1. The van der Waals surface area contributed by atoms with Gasteiger partial charge in [-0.2, -0.15) is 0 Å². The molecule has 4 N–H and O–H groups in total. The maximum absolute atomic E-state index is 8.55. The Hall–Kier alpha value is -0.770. The summed E-state index contributed by atoms with van der Waals surface area (Å²) in [5, 5.41) is 15.2. The zero-order valence-corrected chi connectivity index (χ0v) is 10.4. The number of amidine groups is 1. The lowest BCUT2D eigenvalue weighted by atomic mass is 9.87. The molecule has 0 aromatic heterocycles. The molecule has 0 aromatic rings. The predicted molar refractivity (Wildman–Crippen MR) is 66.7 cm³/mol. The van der Waals surface area contributed by atoms with E-state index in [1.807, 2.05) is 0 Å². The maximum Gasteiger partial charge on any atom is 0.140 e. The average Bonchev–Trinajstić information content (AvgIpc) is 2.30. The first-order valence-electron chi connectivity index (χ1n) is 6.38. The molecule has 0 aromatic carbocycles. The van der Waals surface area contributed by atoms with Crippen LogP contribution in [-0.4, -0.2) is 23.1 Å². The van der Waals surface area contributed by atoms with Crippen molar-refractivity contribution < 1.29 is 5.21 Å². The Labute approximate surface area is 98.3 Å². The van der Waals surface area contributed by atoms with E-state index in [0.717, 1.165) is 12.3 Å². The molecule has 0 amide bonds. The second kappa shape index (κ2) is 6.74. The van der Waals surface area contributed by atoms with Gasteiger partial charge in [-0.1, -0.05) is 19.0 Å². The molecule has 16 heavy (non-hydrogen) atoms. The molecule has 0 bridgehead atoms. The summed E-state index contributed by atoms with van der Waals surface area (Å²) >= 11 is 0. The highest BCUT2D eigenvalue weighted by atomic mass is 16.4. The molecule has 1 saturated carbocycles. The van der Waals surface area contributed by atoms with Gasteiger partial charge in [0.2, 0.25) is 0 Å². The summed E-state index contributed by atoms with van der Waals surface area (Å²) in [6.07, 6.45) is 6.80. The number of hydrogen-bond acceptors (Lipinski definition) is 3. The fourth-order valence-electron chi connectivity index (χ4n) is 2.37. The van der Waals surface area contributed by atoms with Crippen molar-refractivity contribution in [1.82, 2.24) is 5.32 Å². The van der Waals surface area contributed by atoms with E-state index in [1.165, 1.54) is 25.7 Å². The van der Waals surface area contributed by atoms with Crippen LogP contribution < -0.4 is 11.1 Å². The van der Waals surface area contributed by atoms with E-state index in [1.54, 1.807) is 0 Å². The van der Waals surface area contributed by atoms with E-state index in [9.17, 15) is 0 Å². The SMILES string of the molecule is CCC(CC(N)=NO)NC1CCC(C)CC1. The second-order valence-corrected chi connectivity index (χ2v) is 5.02. The van der Waals surface area contributed by atoms with Gasteiger partial charge in [0.15, 0.2) is 0 Å². The van der Waals surface area contributed by atoms with E-state index in [2.05, 4.69) is 24.3 Å². The summed E-state index contributed by atoms with van der Waals surface area (Å²) in [6, 6.07) is 0.960. The molecule has 94 valence electrons. The number of rotatable bonds is 5. The lowest BCUT2D eigenvalue weighted by Crippen LogP contribution is -2.42. The molecule has 1 aliphatic carbocycles. The number of oxime groups is 1. The van der Waals surface area contributed by atoms with Crippen molar-refractivity contribution in [2.75, 3.05) is 0 Å². The highest BCUT2D eigenvalue weighted by Gasteiger charge is 2.20. The average molecular weight is 227 g/mol. The Morgan fingerprint density at radius 3 is 2.56 bits per heavy atom. The summed E-state index contributed by atoms with van der Waals surface area (Å²) in [7, 11) is 0. The minimum Gasteiger partial charge on any atom is -0.409 e. The lowest BCUT2D eigenvalue weighted by Gasteiger charge is -2.30. The minimum absolute atomic E-state index is 0.323. The van der Waals surface area contributed by atoms with E-state index >= 15 is 0 Å². The first-order chi connectivity index (χ1) is 7.65. The van der Waals surface area contributed by atoms with Gasteiger partial charge < -0.3 is 16.3 Å². The predicted octanol–water partition coefficient (Wildman–Crippen LogP) is 2.07. The number of hydrogen-bond donors (Lipinski definition) is 3. The first-order valence-corrected chi connectivity index (χ1v) is 6.38. The van der Waals surface area contributed by atoms with Gasteiger partial charge in [0.1, 0.15) is 5.84 Å². The quantitative estimate of drug-likeness (QED) is 0.291. The molecule has 4 nitrogen and oxygen atoms in total. The zero-order chi connectivity index (χ0) is 12.0. The first kappa shape index (κ1) is 13.3. The molecule has 1 fully saturated rings. The van der Waals surface area contributed by atoms with Crippen LogP contribution in [0.2, 0.25) is 0 Å². The highest BCUT2D eigenvalue weighted by Crippen LogP contribution is 2.24. The fourth-order valence-corrected chi connectivity index (χ4v) is 2.37. The largest absolute Gasteiger partial charge is 0.409 e. The Morgan fingerprint density at radius 1 is 1.44 bits per heavy atom. The Bertz CT molecular complexity index is 222. The minimum atomic E-state index is 0.323. The topological polar surface area (TPSA) is 70.6 Å². The third-order valence-corrected chi connectivity index (χ3v) is 3.56. The third kappa shape index (κ3) is 4.39. The number of nitrogens with one attached hydrogen (secondary N) is 1. The molecule has 1 aliphatic rings. The van der Waals surface area contributed by atoms with Crippen LogP contribution >= 0.6 is 0 Å². The number of nitrogens with zero attached hydrogens (tertiary/aromatic N) is 1. The summed E-state index contributed by atoms with van der Waals surface area (Å²) < 4.78 is 0. The molecule has 1 rings (SSSR count). The second-order valence-electron chi connectivity index (χ2n) is 5.02. The molecular weight excluding hydrogens is 202 g/mol. The van der Waals surface area contributed by atoms with Crippen molar-refractivity contribution in [2.45, 2.75) is 64.5 Å². The van der Waals surface area contributed by atoms with Gasteiger partial charge in [0, 0.05) is 18.5 Å². The molecule has 0 saturated heterocycles. The van der Waals surface area contributed by atoms with Crippen LogP contribution in [0.25, 0.3) is 0 Å². The van der Waals surface area contributed by atoms with Crippen LogP contribution in [0.3, 0.4) is 0 Å². The van der Waals surface area contributed by atoms with Crippen molar-refractivity contribution in [3.8, 4) is 0 Å². The van der Waals surface area contributed by atoms with Gasteiger partial charge in [-0.3, -0.25) is 0 Å². The molecule has 0 heterocycles. The van der Waals surface area contributed by atoms with Gasteiger partial charge in [-0.25, -0.2) is 0 Å². The van der Waals surface area contributed by atoms with E-state index in [4.69, 9.17) is 10.9 Å². The summed E-state index contributed by atoms with van der Waals surface area (Å²) in [4.78, 5) is 0. The maximum atomic E-state index is 8.55. The van der Waals surface area contributed by atoms with E-state index in [-0.39, 0.29) is 0 Å². The van der Waals surface area contributed by atoms with Crippen molar-refractivity contribution in [2.24, 2.45) is 16.8 Å². The van der Waals surface area contributed by atoms with Gasteiger partial charge in [-0.15, -0.1) is 0 Å². The summed E-state index contributed by atoms with van der Waals surface area (Å²) in [5.41, 5.74) is 5.54. The van der Waals surface area contributed by atoms with Gasteiger partial charge in [0.05, 0.1) is 0 Å². The monoisotopic (exact) mass is 227 g/mol. The molecule has 4 heteroatoms. The molecular formula is C12H25N3O. The molecule has 1 atom stereocenters. The summed E-state index contributed by atoms with van der Waals surface area (Å²) in [5.74, 6) is 1.20. The van der Waals surface area contributed by atoms with Crippen LogP contribution in [0.5, 0.6) is 0 Å². The van der Waals surface area contributed by atoms with Crippen LogP contribution in [0, 0.1) is 5.92 Å². The van der Waals surface area contributed by atoms with Crippen LogP contribution in [0.4, 0.5) is 0 Å². The van der Waals surface area contributed by atoms with Gasteiger partial charge in [-0.05, 0) is 38.0 Å². The molecule has 0 spiro atoms. The third-order valence-electron chi connectivity index (χ3n) is 3.56. The molecule has 0 radical (unpaired) electrons. The Balaban J connectivity index is 2.32. The lowest BCUT2D eigenvalue weighted by molar-refractivity contribution is 0.282. The molecule has 0 aliphatic heterocycles. The summed E-state index contributed by atoms with van der Waals surface area (Å²) in [6.45, 7) is 4.46. The normalized spacial score (nSPS) is 29.0. The van der Waals surface area contributed by atoms with Crippen molar-refractivity contribution in [3.63, 3.8) is 0 Å². The Kier molecular flexibility index (Phi) is 5.60. The standard InChI is InChI=1S/C12H25N3O/c1-3-10(8-12(13)15-16)14-11-6-4-9(2)5-7-11/h9-11,14,16H,3-8H2,1-2H3,(H2,13,15). The van der Waals surface area contributed by atoms with Crippen LogP contribution in [-0.2, 0) is 0 Å². The smallest absolute Gasteiger partial charge is 0.140 e. The van der Waals surface area contributed by atoms with Crippen LogP contribution in [0.15, 0.2) is 5.16 Å². The highest BCUT2D eigenvalue weighted by molar-refractivity contribution is 5.80. The van der Waals surface area contributed by atoms with Crippen molar-refractivity contribution in [1.29, 1.82) is 0 Å². The van der Waals surface area contributed by atoms with Gasteiger partial charge in [0.25, 0.3) is 0 Å². The van der Waals surface area contributed by atoms with Crippen molar-refractivity contribution in [3.05, 3.63) is 0 Å². The van der Waals surface area contributed by atoms with Crippen LogP contribution in [0.1, 0.15) is 52.4 Å². The van der Waals surface area contributed by atoms with E-state index < -0.39 is 0 Å². The van der Waals surface area contributed by atoms with Crippen molar-refractivity contribution >= 4 is 5.84 Å². The Morgan fingerprint density at radius 2 is 2.06 bits per heavy atom. The van der Waals surface area contributed by atoms with E-state index in [0.29, 0.717) is 24.3 Å². The fraction of sp³-hybridized carbons (Fsp3) is 0.917.